The maximum atomic E-state index is 12.2. The summed E-state index contributed by atoms with van der Waals surface area (Å²) in [6.07, 6.45) is 1.83. The molecule has 0 bridgehead atoms. The summed E-state index contributed by atoms with van der Waals surface area (Å²) in [6.45, 7) is 3.82. The fraction of sp³-hybridized carbons (Fsp3) is 0.400. The van der Waals surface area contributed by atoms with Crippen molar-refractivity contribution < 1.29 is 14.3 Å². The lowest BCUT2D eigenvalue weighted by molar-refractivity contribution is -0.124. The molecule has 1 aromatic heterocycles. The zero-order valence-electron chi connectivity index (χ0n) is 18.6. The molecule has 0 aliphatic carbocycles. The Kier molecular flexibility index (Phi) is 6.64. The molecule has 1 saturated heterocycles. The number of benzene rings is 2. The highest BCUT2D eigenvalue weighted by Gasteiger charge is 2.27. The first-order valence-electron chi connectivity index (χ1n) is 11.5. The molecule has 8 heteroatoms. The molecule has 5 rings (SSSR count). The van der Waals surface area contributed by atoms with Crippen LogP contribution in [0.25, 0.3) is 0 Å². The molecule has 1 atom stereocenters. The molecule has 2 aromatic carbocycles. The Hall–Kier alpha value is -3.23. The number of nitrogens with one attached hydrogen (secondary N) is 1. The van der Waals surface area contributed by atoms with Gasteiger partial charge in [0, 0.05) is 25.7 Å². The first-order valence-corrected chi connectivity index (χ1v) is 11.5. The van der Waals surface area contributed by atoms with Crippen LogP contribution in [-0.4, -0.2) is 51.5 Å². The summed E-state index contributed by atoms with van der Waals surface area (Å²) in [5, 5.41) is 11.9. The van der Waals surface area contributed by atoms with E-state index in [0.29, 0.717) is 18.9 Å². The van der Waals surface area contributed by atoms with Gasteiger partial charge in [-0.3, -0.25) is 9.69 Å². The van der Waals surface area contributed by atoms with Crippen LogP contribution in [0.1, 0.15) is 35.9 Å². The highest BCUT2D eigenvalue weighted by atomic mass is 16.5. The molecule has 172 valence electrons. The lowest BCUT2D eigenvalue weighted by Crippen LogP contribution is -2.45. The number of likely N-dealkylation sites (tertiary alicyclic amines) is 1. The number of nitrogens with zero attached hydrogens (tertiary/aromatic N) is 4. The van der Waals surface area contributed by atoms with Gasteiger partial charge in [0.05, 0.1) is 18.8 Å². The van der Waals surface area contributed by atoms with Gasteiger partial charge >= 0.3 is 0 Å². The Labute approximate surface area is 193 Å². The third-order valence-electron chi connectivity index (χ3n) is 6.29. The molecular formula is C25H29N5O3. The van der Waals surface area contributed by atoms with E-state index in [0.717, 1.165) is 43.9 Å². The van der Waals surface area contributed by atoms with E-state index >= 15 is 0 Å². The van der Waals surface area contributed by atoms with Crippen LogP contribution in [0.2, 0.25) is 0 Å². The van der Waals surface area contributed by atoms with Crippen molar-refractivity contribution in [1.29, 1.82) is 0 Å². The van der Waals surface area contributed by atoms with Crippen molar-refractivity contribution in [2.45, 2.75) is 44.7 Å². The fourth-order valence-corrected chi connectivity index (χ4v) is 4.44. The molecule has 0 saturated carbocycles. The number of carbonyl (C=O) groups excluding carboxylic acids is 1. The maximum Gasteiger partial charge on any atom is 0.258 e. The zero-order valence-corrected chi connectivity index (χ0v) is 18.6. The van der Waals surface area contributed by atoms with Crippen LogP contribution in [0, 0.1) is 0 Å². The van der Waals surface area contributed by atoms with E-state index in [2.05, 4.69) is 32.7 Å². The van der Waals surface area contributed by atoms with Crippen molar-refractivity contribution >= 4 is 5.91 Å². The number of rotatable bonds is 7. The summed E-state index contributed by atoms with van der Waals surface area (Å²) in [4.78, 5) is 14.6. The standard InChI is InChI=1S/C25H29N5O3/c31-25(18-32-21-9-5-2-6-10-21)26-20-11-13-29(14-12-20)15-22-23-17-33-24(16-30(23)28-27-22)19-7-3-1-4-8-19/h1-10,20,24H,11-18H2,(H,26,31)/t24-/m1/s1. The van der Waals surface area contributed by atoms with E-state index in [-0.39, 0.29) is 24.7 Å². The summed E-state index contributed by atoms with van der Waals surface area (Å²) < 4.78 is 13.6. The van der Waals surface area contributed by atoms with Gasteiger partial charge in [-0.2, -0.15) is 0 Å². The Morgan fingerprint density at radius 1 is 1.06 bits per heavy atom. The number of hydrogen-bond acceptors (Lipinski definition) is 6. The number of ether oxygens (including phenoxy) is 2. The Bertz CT molecular complexity index is 1050. The second kappa shape index (κ2) is 10.1. The van der Waals surface area contributed by atoms with Gasteiger partial charge in [-0.15, -0.1) is 5.10 Å². The molecule has 0 radical (unpaired) electrons. The molecule has 8 nitrogen and oxygen atoms in total. The average molecular weight is 448 g/mol. The number of para-hydroxylation sites is 1. The molecule has 1 N–H and O–H groups in total. The highest BCUT2D eigenvalue weighted by molar-refractivity contribution is 5.77. The first-order chi connectivity index (χ1) is 16.2. The number of hydrogen-bond donors (Lipinski definition) is 1. The molecular weight excluding hydrogens is 418 g/mol. The smallest absolute Gasteiger partial charge is 0.258 e. The minimum absolute atomic E-state index is 0.0125. The summed E-state index contributed by atoms with van der Waals surface area (Å²) in [5.41, 5.74) is 3.22. The predicted molar refractivity (Wildman–Crippen MR) is 122 cm³/mol. The van der Waals surface area contributed by atoms with E-state index in [4.69, 9.17) is 9.47 Å². The van der Waals surface area contributed by atoms with Crippen LogP contribution in [-0.2, 0) is 29.2 Å². The van der Waals surface area contributed by atoms with Gasteiger partial charge < -0.3 is 14.8 Å². The predicted octanol–water partition coefficient (Wildman–Crippen LogP) is 2.71. The van der Waals surface area contributed by atoms with E-state index in [1.807, 2.05) is 53.2 Å². The van der Waals surface area contributed by atoms with E-state index in [9.17, 15) is 4.79 Å². The number of piperidine rings is 1. The largest absolute Gasteiger partial charge is 0.484 e. The van der Waals surface area contributed by atoms with Gasteiger partial charge in [-0.1, -0.05) is 53.7 Å². The lowest BCUT2D eigenvalue weighted by atomic mass is 10.0. The van der Waals surface area contributed by atoms with Gasteiger partial charge in [0.1, 0.15) is 17.5 Å². The Morgan fingerprint density at radius 3 is 2.55 bits per heavy atom. The highest BCUT2D eigenvalue weighted by Crippen LogP contribution is 2.27. The normalized spacial score (nSPS) is 19.1. The molecule has 2 aliphatic heterocycles. The minimum Gasteiger partial charge on any atom is -0.484 e. The van der Waals surface area contributed by atoms with Crippen LogP contribution in [0.3, 0.4) is 0 Å². The molecule has 0 unspecified atom stereocenters. The number of aromatic nitrogens is 3. The Balaban J connectivity index is 1.08. The molecule has 2 aliphatic rings. The summed E-state index contributed by atoms with van der Waals surface area (Å²) >= 11 is 0. The van der Waals surface area contributed by atoms with Gasteiger partial charge in [-0.25, -0.2) is 4.68 Å². The van der Waals surface area contributed by atoms with Crippen LogP contribution in [0.5, 0.6) is 5.75 Å². The van der Waals surface area contributed by atoms with Crippen molar-refractivity contribution in [2.24, 2.45) is 0 Å². The zero-order chi connectivity index (χ0) is 22.5. The van der Waals surface area contributed by atoms with Crippen molar-refractivity contribution in [3.8, 4) is 5.75 Å². The molecule has 3 heterocycles. The number of carbonyl (C=O) groups is 1. The van der Waals surface area contributed by atoms with E-state index in [1.165, 1.54) is 5.56 Å². The third-order valence-corrected chi connectivity index (χ3v) is 6.29. The van der Waals surface area contributed by atoms with Crippen molar-refractivity contribution in [3.05, 3.63) is 77.6 Å². The van der Waals surface area contributed by atoms with Crippen LogP contribution in [0.15, 0.2) is 60.7 Å². The van der Waals surface area contributed by atoms with Gasteiger partial charge in [0.2, 0.25) is 0 Å². The fourth-order valence-electron chi connectivity index (χ4n) is 4.44. The second-order valence-corrected chi connectivity index (χ2v) is 8.59. The van der Waals surface area contributed by atoms with Crippen molar-refractivity contribution in [2.75, 3.05) is 19.7 Å². The molecule has 33 heavy (non-hydrogen) atoms. The SMILES string of the molecule is O=C(COc1ccccc1)NC1CCN(Cc2nnn3c2CO[C@@H](c2ccccc2)C3)CC1. The van der Waals surface area contributed by atoms with Crippen molar-refractivity contribution in [3.63, 3.8) is 0 Å². The molecule has 1 amide bonds. The number of fused-ring (bicyclic) bond motifs is 1. The average Bonchev–Trinajstić information content (AvgIpc) is 3.27. The maximum absolute atomic E-state index is 12.2. The molecule has 1 fully saturated rings. The van der Waals surface area contributed by atoms with Crippen LogP contribution in [0.4, 0.5) is 0 Å². The van der Waals surface area contributed by atoms with E-state index < -0.39 is 0 Å². The van der Waals surface area contributed by atoms with Crippen LogP contribution < -0.4 is 10.1 Å². The summed E-state index contributed by atoms with van der Waals surface area (Å²) in [7, 11) is 0. The second-order valence-electron chi connectivity index (χ2n) is 8.59. The van der Waals surface area contributed by atoms with Gasteiger partial charge in [0.25, 0.3) is 5.91 Å². The van der Waals surface area contributed by atoms with Crippen LogP contribution >= 0.6 is 0 Å². The van der Waals surface area contributed by atoms with Gasteiger partial charge in [-0.05, 0) is 30.5 Å². The molecule has 0 spiro atoms. The van der Waals surface area contributed by atoms with Crippen molar-refractivity contribution in [1.82, 2.24) is 25.2 Å². The van der Waals surface area contributed by atoms with Gasteiger partial charge in [0.15, 0.2) is 6.61 Å². The summed E-state index contributed by atoms with van der Waals surface area (Å²) in [6, 6.07) is 19.8. The lowest BCUT2D eigenvalue weighted by Gasteiger charge is -2.32. The third kappa shape index (κ3) is 5.40. The monoisotopic (exact) mass is 447 g/mol. The minimum atomic E-state index is -0.0743. The Morgan fingerprint density at radius 2 is 1.79 bits per heavy atom. The molecule has 3 aromatic rings. The number of amides is 1. The first kappa shape index (κ1) is 21.6. The quantitative estimate of drug-likeness (QED) is 0.600. The van der Waals surface area contributed by atoms with E-state index in [1.54, 1.807) is 0 Å². The summed E-state index contributed by atoms with van der Waals surface area (Å²) in [5.74, 6) is 0.633. The topological polar surface area (TPSA) is 81.5 Å².